The lowest BCUT2D eigenvalue weighted by atomic mass is 9.88. The molecule has 0 aliphatic heterocycles. The predicted octanol–water partition coefficient (Wildman–Crippen LogP) is 2.37. The Hall–Kier alpha value is -1.71. The van der Waals surface area contributed by atoms with E-state index in [1.54, 1.807) is 11.4 Å². The number of carbonyl (C=O) groups excluding carboxylic acids is 1. The van der Waals surface area contributed by atoms with Gasteiger partial charge in [0.2, 0.25) is 0 Å². The van der Waals surface area contributed by atoms with Crippen LogP contribution < -0.4 is 0 Å². The second-order valence-electron chi connectivity index (χ2n) is 4.82. The zero-order chi connectivity index (χ0) is 12.6. The van der Waals surface area contributed by atoms with Crippen LogP contribution in [-0.4, -0.2) is 20.4 Å². The smallest absolute Gasteiger partial charge is 0.155 e. The summed E-state index contributed by atoms with van der Waals surface area (Å²) in [6.45, 7) is 7.75. The van der Waals surface area contributed by atoms with Gasteiger partial charge in [-0.25, -0.2) is 9.50 Å². The molecule has 0 spiro atoms. The molecule has 0 aliphatic carbocycles. The number of Topliss-reactive ketones (excluding diaryl/α,β-unsaturated/α-hetero) is 1. The lowest BCUT2D eigenvalue weighted by molar-refractivity contribution is -0.119. The fourth-order valence-corrected chi connectivity index (χ4v) is 2.33. The molecule has 2 aromatic rings. The van der Waals surface area contributed by atoms with Crippen LogP contribution in [0.25, 0.3) is 5.65 Å². The molecule has 0 saturated heterocycles. The summed E-state index contributed by atoms with van der Waals surface area (Å²) in [5.74, 6) is 0.295. The van der Waals surface area contributed by atoms with Gasteiger partial charge in [0.1, 0.15) is 12.1 Å². The van der Waals surface area contributed by atoms with Gasteiger partial charge in [-0.3, -0.25) is 4.79 Å². The van der Waals surface area contributed by atoms with Gasteiger partial charge in [-0.2, -0.15) is 5.10 Å². The highest BCUT2D eigenvalue weighted by molar-refractivity contribution is 5.83. The summed E-state index contributed by atoms with van der Waals surface area (Å²) in [6, 6.07) is 3.99. The number of hydrogen-bond acceptors (Lipinski definition) is 3. The van der Waals surface area contributed by atoms with Crippen LogP contribution in [0.2, 0.25) is 0 Å². The third-order valence-electron chi connectivity index (χ3n) is 2.97. The van der Waals surface area contributed by atoms with Gasteiger partial charge in [-0.05, 0) is 37.5 Å². The Labute approximate surface area is 101 Å². The van der Waals surface area contributed by atoms with Gasteiger partial charge in [-0.1, -0.05) is 13.8 Å². The maximum atomic E-state index is 11.8. The van der Waals surface area contributed by atoms with E-state index in [2.05, 4.69) is 23.9 Å². The van der Waals surface area contributed by atoms with Gasteiger partial charge in [0.15, 0.2) is 5.65 Å². The molecule has 0 bridgehead atoms. The van der Waals surface area contributed by atoms with E-state index in [0.29, 0.717) is 0 Å². The molecule has 1 unspecified atom stereocenters. The zero-order valence-corrected chi connectivity index (χ0v) is 10.6. The van der Waals surface area contributed by atoms with Crippen LogP contribution >= 0.6 is 0 Å². The first kappa shape index (κ1) is 11.8. The van der Waals surface area contributed by atoms with Crippen LogP contribution in [0.4, 0.5) is 0 Å². The minimum absolute atomic E-state index is 0.126. The molecule has 2 aromatic heterocycles. The molecular weight excluding hydrogens is 214 g/mol. The van der Waals surface area contributed by atoms with Gasteiger partial charge in [0.05, 0.1) is 11.6 Å². The molecule has 0 amide bonds. The summed E-state index contributed by atoms with van der Waals surface area (Å²) in [6.07, 6.45) is 1.52. The van der Waals surface area contributed by atoms with Gasteiger partial charge in [0.25, 0.3) is 0 Å². The Morgan fingerprint density at radius 1 is 1.35 bits per heavy atom. The maximum Gasteiger partial charge on any atom is 0.155 e. The van der Waals surface area contributed by atoms with Crippen LogP contribution in [0, 0.1) is 12.8 Å². The Morgan fingerprint density at radius 3 is 2.65 bits per heavy atom. The van der Waals surface area contributed by atoms with E-state index in [4.69, 9.17) is 0 Å². The van der Waals surface area contributed by atoms with Gasteiger partial charge >= 0.3 is 0 Å². The summed E-state index contributed by atoms with van der Waals surface area (Å²) >= 11 is 0. The Morgan fingerprint density at radius 2 is 2.06 bits per heavy atom. The third-order valence-corrected chi connectivity index (χ3v) is 2.97. The number of ketones is 1. The van der Waals surface area contributed by atoms with Crippen molar-refractivity contribution in [1.82, 2.24) is 14.6 Å². The van der Waals surface area contributed by atoms with Crippen molar-refractivity contribution in [3.05, 3.63) is 29.7 Å². The molecule has 1 atom stereocenters. The van der Waals surface area contributed by atoms with Crippen LogP contribution in [0.5, 0.6) is 0 Å². The Bertz CT molecular complexity index is 557. The minimum atomic E-state index is -0.126. The highest BCUT2D eigenvalue weighted by Crippen LogP contribution is 2.26. The highest BCUT2D eigenvalue weighted by Gasteiger charge is 2.24. The van der Waals surface area contributed by atoms with E-state index in [1.165, 1.54) is 6.33 Å². The molecule has 0 aromatic carbocycles. The molecule has 90 valence electrons. The van der Waals surface area contributed by atoms with E-state index in [9.17, 15) is 4.79 Å². The molecule has 0 fully saturated rings. The van der Waals surface area contributed by atoms with Crippen molar-refractivity contribution in [3.63, 3.8) is 0 Å². The molecule has 0 saturated carbocycles. The van der Waals surface area contributed by atoms with Crippen LogP contribution in [0.1, 0.15) is 37.9 Å². The summed E-state index contributed by atoms with van der Waals surface area (Å²) < 4.78 is 1.76. The van der Waals surface area contributed by atoms with Gasteiger partial charge in [0, 0.05) is 0 Å². The fourth-order valence-electron chi connectivity index (χ4n) is 2.33. The number of fused-ring (bicyclic) bond motifs is 1. The summed E-state index contributed by atoms with van der Waals surface area (Å²) in [7, 11) is 0. The number of aryl methyl sites for hydroxylation is 1. The summed E-state index contributed by atoms with van der Waals surface area (Å²) in [4.78, 5) is 16.0. The van der Waals surface area contributed by atoms with Crippen molar-refractivity contribution in [2.45, 2.75) is 33.6 Å². The number of aromatic nitrogens is 3. The van der Waals surface area contributed by atoms with Crippen LogP contribution in [0.15, 0.2) is 18.5 Å². The van der Waals surface area contributed by atoms with Crippen molar-refractivity contribution < 1.29 is 4.79 Å². The van der Waals surface area contributed by atoms with E-state index >= 15 is 0 Å². The van der Waals surface area contributed by atoms with Crippen molar-refractivity contribution in [2.75, 3.05) is 0 Å². The number of nitrogens with zero attached hydrogens (tertiary/aromatic N) is 3. The molecule has 17 heavy (non-hydrogen) atoms. The normalized spacial score (nSPS) is 13.2. The second kappa shape index (κ2) is 4.28. The summed E-state index contributed by atoms with van der Waals surface area (Å²) in [5, 5.41) is 4.20. The Kier molecular flexibility index (Phi) is 2.96. The van der Waals surface area contributed by atoms with Gasteiger partial charge < -0.3 is 0 Å². The topological polar surface area (TPSA) is 47.3 Å². The number of pyridine rings is 1. The molecule has 0 N–H and O–H groups in total. The number of hydrogen-bond donors (Lipinski definition) is 0. The van der Waals surface area contributed by atoms with E-state index in [-0.39, 0.29) is 17.6 Å². The largest absolute Gasteiger partial charge is 0.299 e. The third kappa shape index (κ3) is 2.07. The van der Waals surface area contributed by atoms with Crippen molar-refractivity contribution in [3.8, 4) is 0 Å². The molecule has 0 aliphatic rings. The first-order valence-electron chi connectivity index (χ1n) is 5.81. The van der Waals surface area contributed by atoms with E-state index in [1.807, 2.05) is 19.1 Å². The highest BCUT2D eigenvalue weighted by atomic mass is 16.1. The standard InChI is InChI=1S/C13H17N3O/c1-8(2)13(10(4)17)11-5-9(3)6-12-14-7-15-16(11)12/h5-8,13H,1-4H3. The monoisotopic (exact) mass is 231 g/mol. The van der Waals surface area contributed by atoms with E-state index < -0.39 is 0 Å². The van der Waals surface area contributed by atoms with Gasteiger partial charge in [-0.15, -0.1) is 0 Å². The lowest BCUT2D eigenvalue weighted by Gasteiger charge is -2.19. The molecular formula is C13H17N3O. The average Bonchev–Trinajstić information content (AvgIpc) is 2.63. The molecule has 4 heteroatoms. The SMILES string of the molecule is CC(=O)C(c1cc(C)cc2ncnn12)C(C)C. The lowest BCUT2D eigenvalue weighted by Crippen LogP contribution is -2.19. The predicted molar refractivity (Wildman–Crippen MR) is 66.0 cm³/mol. The average molecular weight is 231 g/mol. The molecule has 2 rings (SSSR count). The first-order valence-corrected chi connectivity index (χ1v) is 5.81. The van der Waals surface area contributed by atoms with Crippen molar-refractivity contribution in [1.29, 1.82) is 0 Å². The maximum absolute atomic E-state index is 11.8. The fraction of sp³-hybridized carbons (Fsp3) is 0.462. The number of rotatable bonds is 3. The second-order valence-corrected chi connectivity index (χ2v) is 4.82. The van der Waals surface area contributed by atoms with Crippen LogP contribution in [-0.2, 0) is 4.79 Å². The van der Waals surface area contributed by atoms with Crippen molar-refractivity contribution in [2.24, 2.45) is 5.92 Å². The minimum Gasteiger partial charge on any atom is -0.299 e. The molecule has 2 heterocycles. The van der Waals surface area contributed by atoms with E-state index in [0.717, 1.165) is 16.9 Å². The van der Waals surface area contributed by atoms with Crippen LogP contribution in [0.3, 0.4) is 0 Å². The quantitative estimate of drug-likeness (QED) is 0.814. The zero-order valence-electron chi connectivity index (χ0n) is 10.6. The van der Waals surface area contributed by atoms with Crippen molar-refractivity contribution >= 4 is 11.4 Å². The first-order chi connectivity index (χ1) is 8.00. The molecule has 4 nitrogen and oxygen atoms in total. The Balaban J connectivity index is 2.67. The number of carbonyl (C=O) groups is 1. The molecule has 0 radical (unpaired) electrons. The summed E-state index contributed by atoms with van der Waals surface area (Å²) in [5.41, 5.74) is 2.83.